The van der Waals surface area contributed by atoms with Gasteiger partial charge in [-0.2, -0.15) is 0 Å². The molecule has 0 aromatic heterocycles. The Labute approximate surface area is 431 Å². The van der Waals surface area contributed by atoms with Gasteiger partial charge in [0.1, 0.15) is 6.10 Å². The molecule has 0 rings (SSSR count). The number of hydrogen-bond donors (Lipinski definition) is 2. The number of ether oxygens (including phenoxy) is 2. The van der Waals surface area contributed by atoms with E-state index in [1.165, 1.54) is 128 Å². The van der Waals surface area contributed by atoms with Crippen LogP contribution in [0, 0.1) is 0 Å². The maximum atomic E-state index is 12.7. The third kappa shape index (κ3) is 56.3. The molecule has 0 aliphatic heterocycles. The molecule has 0 aromatic carbocycles. The molecule has 0 saturated carbocycles. The highest BCUT2D eigenvalue weighted by Gasteiger charge is 2.25. The quantitative estimate of drug-likeness (QED) is 0.0268. The summed E-state index contributed by atoms with van der Waals surface area (Å²) in [7, 11) is -4.30. The third-order valence-corrected chi connectivity index (χ3v) is 13.0. The molecule has 0 amide bonds. The number of phosphoric acid groups is 1. The number of unbranched alkanes of at least 4 members (excludes halogenated alkanes) is 25. The van der Waals surface area contributed by atoms with Gasteiger partial charge in [-0.25, -0.2) is 4.57 Å². The maximum absolute atomic E-state index is 12.7. The van der Waals surface area contributed by atoms with Crippen molar-refractivity contribution in [3.05, 3.63) is 97.2 Å². The Morgan fingerprint density at radius 2 is 0.800 bits per heavy atom. The summed E-state index contributed by atoms with van der Waals surface area (Å²) >= 11 is 0. The SMILES string of the molecule is CC/C=C\C/C=C\C/C=C\C/C=C\C/C=C\C/C=C\C/C=C\CCCCCCOCC(COP(=O)(O)OCCN)OC(=O)CCCCCCCCCCCCCCC/C=C\CCCCCCCCCC. The van der Waals surface area contributed by atoms with Crippen molar-refractivity contribution < 1.29 is 32.8 Å². The number of esters is 1. The van der Waals surface area contributed by atoms with Crippen LogP contribution in [0.4, 0.5) is 0 Å². The molecular weight excluding hydrogens is 890 g/mol. The zero-order chi connectivity index (χ0) is 50.8. The second-order valence-electron chi connectivity index (χ2n) is 18.8. The first-order chi connectivity index (χ1) is 34.4. The Hall–Kier alpha value is -2.58. The summed E-state index contributed by atoms with van der Waals surface area (Å²) in [5.41, 5.74) is 5.40. The number of hydrogen-bond acceptors (Lipinski definition) is 7. The molecule has 0 aromatic rings. The van der Waals surface area contributed by atoms with Crippen LogP contribution in [0.1, 0.15) is 245 Å². The van der Waals surface area contributed by atoms with Crippen LogP contribution in [0.25, 0.3) is 0 Å². The lowest BCUT2D eigenvalue weighted by atomic mass is 10.0. The highest BCUT2D eigenvalue weighted by Crippen LogP contribution is 2.43. The zero-order valence-electron chi connectivity index (χ0n) is 45.2. The number of carbonyl (C=O) groups is 1. The fraction of sp³-hybridized carbons (Fsp3) is 0.721. The van der Waals surface area contributed by atoms with Gasteiger partial charge in [0.05, 0.1) is 19.8 Å². The molecule has 0 aliphatic carbocycles. The van der Waals surface area contributed by atoms with Crippen LogP contribution in [0.5, 0.6) is 0 Å². The lowest BCUT2D eigenvalue weighted by molar-refractivity contribution is -0.154. The van der Waals surface area contributed by atoms with E-state index in [2.05, 4.69) is 111 Å². The number of allylic oxidation sites excluding steroid dienone is 16. The van der Waals surface area contributed by atoms with Crippen molar-refractivity contribution in [2.24, 2.45) is 5.73 Å². The van der Waals surface area contributed by atoms with Gasteiger partial charge in [0.25, 0.3) is 0 Å². The van der Waals surface area contributed by atoms with Crippen LogP contribution in [-0.4, -0.2) is 49.9 Å². The molecule has 0 radical (unpaired) electrons. The first-order valence-corrected chi connectivity index (χ1v) is 30.2. The van der Waals surface area contributed by atoms with Crippen molar-refractivity contribution in [1.29, 1.82) is 0 Å². The first-order valence-electron chi connectivity index (χ1n) is 28.7. The van der Waals surface area contributed by atoms with E-state index in [0.29, 0.717) is 13.0 Å². The Bertz CT molecular complexity index is 1400. The van der Waals surface area contributed by atoms with Gasteiger partial charge < -0.3 is 20.1 Å². The van der Waals surface area contributed by atoms with E-state index in [0.717, 1.165) is 96.3 Å². The lowest BCUT2D eigenvalue weighted by Gasteiger charge is -2.20. The number of phosphoric ester groups is 1. The average molecular weight is 999 g/mol. The van der Waals surface area contributed by atoms with Crippen LogP contribution in [0.15, 0.2) is 97.2 Å². The van der Waals surface area contributed by atoms with Crippen molar-refractivity contribution in [2.45, 2.75) is 251 Å². The lowest BCUT2D eigenvalue weighted by Crippen LogP contribution is -2.28. The second kappa shape index (κ2) is 57.3. The molecule has 9 heteroatoms. The van der Waals surface area contributed by atoms with Crippen LogP contribution < -0.4 is 5.73 Å². The minimum Gasteiger partial charge on any atom is -0.457 e. The molecule has 8 nitrogen and oxygen atoms in total. The summed E-state index contributed by atoms with van der Waals surface area (Å²) in [6.07, 6.45) is 77.5. The normalized spacial score (nSPS) is 13.9. The summed E-state index contributed by atoms with van der Waals surface area (Å²) in [6.45, 7) is 4.75. The highest BCUT2D eigenvalue weighted by atomic mass is 31.2. The van der Waals surface area contributed by atoms with E-state index in [9.17, 15) is 14.3 Å². The molecule has 70 heavy (non-hydrogen) atoms. The molecule has 0 spiro atoms. The predicted octanol–water partition coefficient (Wildman–Crippen LogP) is 18.5. The fourth-order valence-electron chi connectivity index (χ4n) is 7.80. The largest absolute Gasteiger partial charge is 0.472 e. The monoisotopic (exact) mass is 998 g/mol. The van der Waals surface area contributed by atoms with Crippen molar-refractivity contribution in [1.82, 2.24) is 0 Å². The van der Waals surface area contributed by atoms with Gasteiger partial charge in [-0.3, -0.25) is 13.8 Å². The molecule has 404 valence electrons. The van der Waals surface area contributed by atoms with Gasteiger partial charge in [0, 0.05) is 19.6 Å². The highest BCUT2D eigenvalue weighted by molar-refractivity contribution is 7.47. The smallest absolute Gasteiger partial charge is 0.457 e. The van der Waals surface area contributed by atoms with E-state index in [1.54, 1.807) is 0 Å². The van der Waals surface area contributed by atoms with Crippen LogP contribution >= 0.6 is 7.82 Å². The molecule has 0 aliphatic rings. The summed E-state index contributed by atoms with van der Waals surface area (Å²) in [6, 6.07) is 0. The zero-order valence-corrected chi connectivity index (χ0v) is 46.1. The Balaban J connectivity index is 3.97. The maximum Gasteiger partial charge on any atom is 0.472 e. The molecule has 0 heterocycles. The van der Waals surface area contributed by atoms with Crippen molar-refractivity contribution >= 4 is 13.8 Å². The standard InChI is InChI=1S/C61H108NO7P/c1-3-5-7-9-11-13-15-17-19-21-23-25-27-29-31-33-35-37-39-41-43-45-47-49-51-53-56-66-58-60(59-68-70(64,65)67-57-55-62)69-61(63)54-52-50-48-46-44-42-40-38-36-34-32-30-28-26-24-22-20-18-16-14-12-10-8-6-4-2/h5,7,11,13,17,19,22-25,29,31,35,37,41,43,60H,3-4,6,8-10,12,14-16,18,20-21,26-28,30,32-34,36,38-40,42,44-59,62H2,1-2H3,(H,64,65)/b7-5-,13-11-,19-17-,24-22-,25-23-,31-29-,37-35-,43-41-. The van der Waals surface area contributed by atoms with Crippen molar-refractivity contribution in [3.63, 3.8) is 0 Å². The van der Waals surface area contributed by atoms with Gasteiger partial charge in [0.2, 0.25) is 0 Å². The summed E-state index contributed by atoms with van der Waals surface area (Å²) < 4.78 is 33.7. The molecule has 0 saturated heterocycles. The van der Waals surface area contributed by atoms with Gasteiger partial charge in [-0.05, 0) is 96.3 Å². The topological polar surface area (TPSA) is 117 Å². The summed E-state index contributed by atoms with van der Waals surface area (Å²) in [4.78, 5) is 22.7. The summed E-state index contributed by atoms with van der Waals surface area (Å²) in [5.74, 6) is -0.340. The summed E-state index contributed by atoms with van der Waals surface area (Å²) in [5, 5.41) is 0. The minimum absolute atomic E-state index is 0.0914. The van der Waals surface area contributed by atoms with E-state index >= 15 is 0 Å². The average Bonchev–Trinajstić information content (AvgIpc) is 3.35. The second-order valence-corrected chi connectivity index (χ2v) is 20.2. The van der Waals surface area contributed by atoms with Gasteiger partial charge >= 0.3 is 13.8 Å². The van der Waals surface area contributed by atoms with Crippen molar-refractivity contribution in [2.75, 3.05) is 33.0 Å². The molecule has 2 atom stereocenters. The molecule has 2 unspecified atom stereocenters. The fourth-order valence-corrected chi connectivity index (χ4v) is 8.56. The van der Waals surface area contributed by atoms with E-state index in [4.69, 9.17) is 24.3 Å². The van der Waals surface area contributed by atoms with Crippen molar-refractivity contribution in [3.8, 4) is 0 Å². The van der Waals surface area contributed by atoms with E-state index in [-0.39, 0.29) is 32.3 Å². The molecular formula is C61H108NO7P. The Morgan fingerprint density at radius 3 is 1.21 bits per heavy atom. The Kier molecular flexibility index (Phi) is 55.2. The van der Waals surface area contributed by atoms with E-state index in [1.807, 2.05) is 0 Å². The van der Waals surface area contributed by atoms with Gasteiger partial charge in [0.15, 0.2) is 0 Å². The first kappa shape index (κ1) is 67.4. The number of carbonyl (C=O) groups excluding carboxylic acids is 1. The van der Waals surface area contributed by atoms with Crippen LogP contribution in [-0.2, 0) is 27.9 Å². The number of rotatable bonds is 54. The minimum atomic E-state index is -4.30. The van der Waals surface area contributed by atoms with Gasteiger partial charge in [-0.1, -0.05) is 239 Å². The third-order valence-electron chi connectivity index (χ3n) is 12.0. The van der Waals surface area contributed by atoms with Crippen LogP contribution in [0.2, 0.25) is 0 Å². The molecule has 0 fully saturated rings. The number of nitrogens with two attached hydrogens (primary N) is 1. The van der Waals surface area contributed by atoms with Crippen LogP contribution in [0.3, 0.4) is 0 Å². The van der Waals surface area contributed by atoms with E-state index < -0.39 is 13.9 Å². The molecule has 3 N–H and O–H groups in total. The predicted molar refractivity (Wildman–Crippen MR) is 302 cm³/mol. The molecule has 0 bridgehead atoms. The van der Waals surface area contributed by atoms with Gasteiger partial charge in [-0.15, -0.1) is 0 Å². The Morgan fingerprint density at radius 1 is 0.443 bits per heavy atom.